The highest BCUT2D eigenvalue weighted by molar-refractivity contribution is 6.30. The number of urea groups is 1. The number of nitrogens with one attached hydrogen (secondary N) is 2. The van der Waals surface area contributed by atoms with E-state index >= 15 is 0 Å². The summed E-state index contributed by atoms with van der Waals surface area (Å²) in [6.07, 6.45) is -4.41. The third-order valence-corrected chi connectivity index (χ3v) is 4.52. The minimum Gasteiger partial charge on any atom is -0.308 e. The highest BCUT2D eigenvalue weighted by atomic mass is 35.5. The van der Waals surface area contributed by atoms with Gasteiger partial charge in [0.15, 0.2) is 0 Å². The SMILES string of the molecule is Cc1nn(Cc2cccc(C(F)(F)F)c2)c(C)c1NC(=O)Nc1cccc(Cl)c1. The van der Waals surface area contributed by atoms with Gasteiger partial charge in [0, 0.05) is 10.7 Å². The van der Waals surface area contributed by atoms with Gasteiger partial charge in [-0.3, -0.25) is 4.68 Å². The van der Waals surface area contributed by atoms with E-state index in [4.69, 9.17) is 11.6 Å². The van der Waals surface area contributed by atoms with Crippen molar-refractivity contribution in [2.24, 2.45) is 0 Å². The number of nitrogens with zero attached hydrogens (tertiary/aromatic N) is 2. The first-order chi connectivity index (χ1) is 13.6. The van der Waals surface area contributed by atoms with Crippen LogP contribution in [0.3, 0.4) is 0 Å². The molecule has 0 bridgehead atoms. The molecule has 0 radical (unpaired) electrons. The molecule has 1 heterocycles. The quantitative estimate of drug-likeness (QED) is 0.553. The number of hydrogen-bond donors (Lipinski definition) is 2. The zero-order valence-corrected chi connectivity index (χ0v) is 16.4. The summed E-state index contributed by atoms with van der Waals surface area (Å²) in [6.45, 7) is 3.60. The largest absolute Gasteiger partial charge is 0.416 e. The zero-order chi connectivity index (χ0) is 21.2. The highest BCUT2D eigenvalue weighted by Crippen LogP contribution is 2.30. The van der Waals surface area contributed by atoms with E-state index in [1.165, 1.54) is 6.07 Å². The van der Waals surface area contributed by atoms with Gasteiger partial charge >= 0.3 is 12.2 Å². The lowest BCUT2D eigenvalue weighted by Gasteiger charge is -2.10. The first kappa shape index (κ1) is 20.7. The van der Waals surface area contributed by atoms with Gasteiger partial charge in [-0.15, -0.1) is 0 Å². The summed E-state index contributed by atoms with van der Waals surface area (Å²) in [6, 6.07) is 11.3. The average Bonchev–Trinajstić information content (AvgIpc) is 2.89. The normalized spacial score (nSPS) is 11.4. The number of amides is 2. The molecule has 9 heteroatoms. The second-order valence-electron chi connectivity index (χ2n) is 6.49. The average molecular weight is 423 g/mol. The molecule has 152 valence electrons. The number of halogens is 4. The number of aromatic nitrogens is 2. The van der Waals surface area contributed by atoms with Gasteiger partial charge in [-0.05, 0) is 49.7 Å². The van der Waals surface area contributed by atoms with Crippen LogP contribution < -0.4 is 10.6 Å². The van der Waals surface area contributed by atoms with Gasteiger partial charge in [0.05, 0.1) is 29.2 Å². The van der Waals surface area contributed by atoms with Crippen LogP contribution in [0.2, 0.25) is 5.02 Å². The molecule has 0 saturated carbocycles. The fourth-order valence-corrected chi connectivity index (χ4v) is 3.08. The Morgan fingerprint density at radius 2 is 1.83 bits per heavy atom. The molecular formula is C20H18ClF3N4O. The third kappa shape index (κ3) is 5.08. The smallest absolute Gasteiger partial charge is 0.308 e. The summed E-state index contributed by atoms with van der Waals surface area (Å²) >= 11 is 5.90. The van der Waals surface area contributed by atoms with Crippen molar-refractivity contribution >= 4 is 29.0 Å². The number of aryl methyl sites for hydroxylation is 1. The van der Waals surface area contributed by atoms with Crippen molar-refractivity contribution in [1.29, 1.82) is 0 Å². The number of carbonyl (C=O) groups is 1. The molecule has 2 aromatic carbocycles. The van der Waals surface area contributed by atoms with E-state index in [0.717, 1.165) is 12.1 Å². The topological polar surface area (TPSA) is 59.0 Å². The van der Waals surface area contributed by atoms with Crippen LogP contribution >= 0.6 is 11.6 Å². The molecule has 29 heavy (non-hydrogen) atoms. The maximum Gasteiger partial charge on any atom is 0.416 e. The van der Waals surface area contributed by atoms with E-state index in [1.807, 2.05) is 0 Å². The Morgan fingerprint density at radius 3 is 2.52 bits per heavy atom. The molecule has 5 nitrogen and oxygen atoms in total. The van der Waals surface area contributed by atoms with Crippen molar-refractivity contribution in [2.75, 3.05) is 10.6 Å². The van der Waals surface area contributed by atoms with E-state index in [0.29, 0.717) is 33.3 Å². The third-order valence-electron chi connectivity index (χ3n) is 4.29. The minimum absolute atomic E-state index is 0.147. The molecule has 0 aliphatic carbocycles. The second-order valence-corrected chi connectivity index (χ2v) is 6.93. The maximum absolute atomic E-state index is 12.9. The lowest BCUT2D eigenvalue weighted by molar-refractivity contribution is -0.137. The minimum atomic E-state index is -4.41. The van der Waals surface area contributed by atoms with Crippen LogP contribution in [-0.4, -0.2) is 15.8 Å². The molecule has 0 saturated heterocycles. The number of hydrogen-bond acceptors (Lipinski definition) is 2. The van der Waals surface area contributed by atoms with Gasteiger partial charge in [-0.2, -0.15) is 18.3 Å². The summed E-state index contributed by atoms with van der Waals surface area (Å²) in [7, 11) is 0. The maximum atomic E-state index is 12.9. The van der Waals surface area contributed by atoms with Crippen LogP contribution in [0.1, 0.15) is 22.5 Å². The number of benzene rings is 2. The molecule has 1 aromatic heterocycles. The lowest BCUT2D eigenvalue weighted by atomic mass is 10.1. The molecule has 0 aliphatic rings. The van der Waals surface area contributed by atoms with Gasteiger partial charge < -0.3 is 10.6 Å². The van der Waals surface area contributed by atoms with Crippen LogP contribution in [0.15, 0.2) is 48.5 Å². The van der Waals surface area contributed by atoms with Crippen molar-refractivity contribution in [3.05, 3.63) is 76.1 Å². The Balaban J connectivity index is 1.76. The van der Waals surface area contributed by atoms with E-state index in [9.17, 15) is 18.0 Å². The number of anilines is 2. The van der Waals surface area contributed by atoms with Crippen LogP contribution in [0.5, 0.6) is 0 Å². The van der Waals surface area contributed by atoms with E-state index in [-0.39, 0.29) is 6.54 Å². The molecule has 0 aliphatic heterocycles. The Bertz CT molecular complexity index is 1050. The van der Waals surface area contributed by atoms with Gasteiger partial charge in [0.2, 0.25) is 0 Å². The van der Waals surface area contributed by atoms with Gasteiger partial charge in [-0.1, -0.05) is 29.8 Å². The first-order valence-corrected chi connectivity index (χ1v) is 9.05. The Morgan fingerprint density at radius 1 is 1.10 bits per heavy atom. The van der Waals surface area contributed by atoms with Gasteiger partial charge in [-0.25, -0.2) is 4.79 Å². The Kier molecular flexibility index (Phi) is 5.83. The highest BCUT2D eigenvalue weighted by Gasteiger charge is 2.30. The van der Waals surface area contributed by atoms with Crippen molar-refractivity contribution in [3.8, 4) is 0 Å². The van der Waals surface area contributed by atoms with Crippen molar-refractivity contribution in [1.82, 2.24) is 9.78 Å². The number of rotatable bonds is 4. The molecule has 2 N–H and O–H groups in total. The predicted octanol–water partition coefficient (Wildman–Crippen LogP) is 5.86. The standard InChI is InChI=1S/C20H18ClF3N4O/c1-12-18(26-19(29)25-17-8-4-7-16(21)10-17)13(2)28(27-12)11-14-5-3-6-15(9-14)20(22,23)24/h3-10H,11H2,1-2H3,(H2,25,26,29). The summed E-state index contributed by atoms with van der Waals surface area (Å²) in [5, 5.41) is 10.2. The molecule has 0 unspecified atom stereocenters. The van der Waals surface area contributed by atoms with Crippen LogP contribution in [0, 0.1) is 13.8 Å². The zero-order valence-electron chi connectivity index (χ0n) is 15.6. The second kappa shape index (κ2) is 8.16. The number of alkyl halides is 3. The Hall–Kier alpha value is -3.00. The number of carbonyl (C=O) groups excluding carboxylic acids is 1. The van der Waals surface area contributed by atoms with Gasteiger partial charge in [0.1, 0.15) is 0 Å². The van der Waals surface area contributed by atoms with Crippen molar-refractivity contribution < 1.29 is 18.0 Å². The van der Waals surface area contributed by atoms with Crippen LogP contribution in [0.25, 0.3) is 0 Å². The van der Waals surface area contributed by atoms with Gasteiger partial charge in [0.25, 0.3) is 0 Å². The fraction of sp³-hybridized carbons (Fsp3) is 0.200. The van der Waals surface area contributed by atoms with E-state index in [2.05, 4.69) is 15.7 Å². The van der Waals surface area contributed by atoms with E-state index in [1.54, 1.807) is 48.9 Å². The van der Waals surface area contributed by atoms with Crippen LogP contribution in [0.4, 0.5) is 29.3 Å². The fourth-order valence-electron chi connectivity index (χ4n) is 2.89. The Labute approximate surface area is 170 Å². The molecule has 2 amide bonds. The molecular weight excluding hydrogens is 405 g/mol. The lowest BCUT2D eigenvalue weighted by Crippen LogP contribution is -2.20. The molecule has 3 aromatic rings. The molecule has 0 spiro atoms. The van der Waals surface area contributed by atoms with Crippen molar-refractivity contribution in [3.63, 3.8) is 0 Å². The van der Waals surface area contributed by atoms with Crippen LogP contribution in [-0.2, 0) is 12.7 Å². The van der Waals surface area contributed by atoms with E-state index < -0.39 is 17.8 Å². The summed E-state index contributed by atoms with van der Waals surface area (Å²) < 4.78 is 40.3. The predicted molar refractivity (Wildman–Crippen MR) is 106 cm³/mol. The molecule has 0 fully saturated rings. The summed E-state index contributed by atoms with van der Waals surface area (Å²) in [5.41, 5.74) is 1.95. The molecule has 0 atom stereocenters. The monoisotopic (exact) mass is 422 g/mol. The molecule has 3 rings (SSSR count). The first-order valence-electron chi connectivity index (χ1n) is 8.67. The summed E-state index contributed by atoms with van der Waals surface area (Å²) in [4.78, 5) is 12.3. The summed E-state index contributed by atoms with van der Waals surface area (Å²) in [5.74, 6) is 0. The van der Waals surface area contributed by atoms with Crippen molar-refractivity contribution in [2.45, 2.75) is 26.6 Å².